The molecule has 0 spiro atoms. The fraction of sp³-hybridized carbons (Fsp3) is 0.600. The lowest BCUT2D eigenvalue weighted by molar-refractivity contribution is -0.141. The Morgan fingerprint density at radius 3 is 3.00 bits per heavy atom. The quantitative estimate of drug-likeness (QED) is 0.830. The maximum Gasteiger partial charge on any atom is 0.327 e. The fourth-order valence-corrected chi connectivity index (χ4v) is 3.44. The van der Waals surface area contributed by atoms with Gasteiger partial charge >= 0.3 is 5.97 Å². The second kappa shape index (κ2) is 5.38. The maximum atomic E-state index is 12.2. The molecule has 1 amide bonds. The van der Waals surface area contributed by atoms with Crippen molar-refractivity contribution in [2.75, 3.05) is 5.75 Å². The summed E-state index contributed by atoms with van der Waals surface area (Å²) < 4.78 is 0. The molecule has 1 aliphatic rings. The topological polar surface area (TPSA) is 99.2 Å². The first-order chi connectivity index (χ1) is 8.65. The van der Waals surface area contributed by atoms with E-state index in [9.17, 15) is 9.59 Å². The maximum absolute atomic E-state index is 12.2. The van der Waals surface area contributed by atoms with Crippen molar-refractivity contribution in [3.8, 4) is 0 Å². The fourth-order valence-electron chi connectivity index (χ4n) is 1.93. The van der Waals surface area contributed by atoms with E-state index in [0.29, 0.717) is 5.75 Å². The molecule has 7 nitrogen and oxygen atoms in total. The molecule has 1 saturated heterocycles. The van der Waals surface area contributed by atoms with Crippen molar-refractivity contribution in [2.45, 2.75) is 31.2 Å². The van der Waals surface area contributed by atoms with E-state index < -0.39 is 17.9 Å². The van der Waals surface area contributed by atoms with Gasteiger partial charge in [0.25, 0.3) is 5.91 Å². The highest BCUT2D eigenvalue weighted by atomic mass is 32.2. The van der Waals surface area contributed by atoms with Crippen LogP contribution in [0.2, 0.25) is 0 Å². The molecule has 0 aromatic carbocycles. The highest BCUT2D eigenvalue weighted by molar-refractivity contribution is 8.00. The number of aliphatic carboxylic acids is 1. The zero-order valence-electron chi connectivity index (χ0n) is 9.87. The van der Waals surface area contributed by atoms with E-state index in [-0.39, 0.29) is 11.2 Å². The van der Waals surface area contributed by atoms with E-state index in [1.165, 1.54) is 23.0 Å². The number of hydrogen-bond acceptors (Lipinski definition) is 5. The summed E-state index contributed by atoms with van der Waals surface area (Å²) in [7, 11) is 0. The Bertz CT molecular complexity index is 436. The molecule has 2 unspecified atom stereocenters. The van der Waals surface area contributed by atoms with Crippen LogP contribution in [0.4, 0.5) is 0 Å². The van der Waals surface area contributed by atoms with Gasteiger partial charge in [0, 0.05) is 5.75 Å². The van der Waals surface area contributed by atoms with Crippen molar-refractivity contribution in [3.63, 3.8) is 0 Å². The standard InChI is InChI=1S/C10H14N4O3S/c1-2-3-7-14(6(4-18-7)10(16)17)9(15)8-11-5-12-13-8/h5-7H,2-4H2,1H3,(H,16,17)(H,11,12,13). The summed E-state index contributed by atoms with van der Waals surface area (Å²) in [6.45, 7) is 2.01. The van der Waals surface area contributed by atoms with Gasteiger partial charge in [-0.25, -0.2) is 9.78 Å². The summed E-state index contributed by atoms with van der Waals surface area (Å²) in [5.41, 5.74) is 0. The molecule has 2 rings (SSSR count). The van der Waals surface area contributed by atoms with Crippen LogP contribution in [0.15, 0.2) is 6.33 Å². The van der Waals surface area contributed by atoms with Gasteiger partial charge in [-0.3, -0.25) is 9.89 Å². The van der Waals surface area contributed by atoms with Crippen LogP contribution in [0.25, 0.3) is 0 Å². The lowest BCUT2D eigenvalue weighted by atomic mass is 10.2. The number of aromatic nitrogens is 3. The monoisotopic (exact) mass is 270 g/mol. The van der Waals surface area contributed by atoms with Gasteiger partial charge < -0.3 is 10.0 Å². The van der Waals surface area contributed by atoms with Crippen LogP contribution in [-0.2, 0) is 4.79 Å². The molecule has 18 heavy (non-hydrogen) atoms. The van der Waals surface area contributed by atoms with Gasteiger partial charge in [0.05, 0.1) is 5.37 Å². The van der Waals surface area contributed by atoms with Gasteiger partial charge in [0.1, 0.15) is 12.4 Å². The Kier molecular flexibility index (Phi) is 3.85. The van der Waals surface area contributed by atoms with Crippen LogP contribution in [0.3, 0.4) is 0 Å². The summed E-state index contributed by atoms with van der Waals surface area (Å²) in [4.78, 5) is 28.6. The third-order valence-corrected chi connectivity index (χ3v) is 4.12. The number of carboxylic acids is 1. The average Bonchev–Trinajstić information content (AvgIpc) is 2.97. The van der Waals surface area contributed by atoms with E-state index in [2.05, 4.69) is 15.2 Å². The molecule has 8 heteroatoms. The number of carbonyl (C=O) groups is 2. The van der Waals surface area contributed by atoms with Crippen molar-refractivity contribution >= 4 is 23.6 Å². The molecule has 1 aromatic heterocycles. The SMILES string of the molecule is CCCC1SCC(C(=O)O)N1C(=O)c1ncn[nH]1. The Labute approximate surface area is 108 Å². The minimum Gasteiger partial charge on any atom is -0.480 e. The summed E-state index contributed by atoms with van der Waals surface area (Å²) in [6.07, 6.45) is 2.90. The Morgan fingerprint density at radius 2 is 2.44 bits per heavy atom. The summed E-state index contributed by atoms with van der Waals surface area (Å²) in [5, 5.41) is 15.2. The lowest BCUT2D eigenvalue weighted by Crippen LogP contribution is -2.46. The second-order valence-electron chi connectivity index (χ2n) is 3.98. The van der Waals surface area contributed by atoms with E-state index in [1.807, 2.05) is 6.92 Å². The molecule has 2 atom stereocenters. The van der Waals surface area contributed by atoms with Crippen LogP contribution < -0.4 is 0 Å². The average molecular weight is 270 g/mol. The zero-order valence-corrected chi connectivity index (χ0v) is 10.7. The van der Waals surface area contributed by atoms with Gasteiger partial charge in [-0.2, -0.15) is 5.10 Å². The highest BCUT2D eigenvalue weighted by Gasteiger charge is 2.42. The predicted octanol–water partition coefficient (Wildman–Crippen LogP) is 0.573. The molecule has 0 bridgehead atoms. The first kappa shape index (κ1) is 12.9. The number of nitrogens with one attached hydrogen (secondary N) is 1. The number of carboxylic acid groups (broad SMARTS) is 1. The van der Waals surface area contributed by atoms with Gasteiger partial charge in [-0.05, 0) is 6.42 Å². The van der Waals surface area contributed by atoms with E-state index in [1.54, 1.807) is 0 Å². The van der Waals surface area contributed by atoms with Crippen molar-refractivity contribution in [1.29, 1.82) is 0 Å². The van der Waals surface area contributed by atoms with Gasteiger partial charge in [0.2, 0.25) is 5.82 Å². The highest BCUT2D eigenvalue weighted by Crippen LogP contribution is 2.33. The number of H-pyrrole nitrogens is 1. The number of aromatic amines is 1. The first-order valence-corrected chi connectivity index (χ1v) is 6.72. The summed E-state index contributed by atoms with van der Waals surface area (Å²) >= 11 is 1.50. The molecule has 0 aliphatic carbocycles. The minimum absolute atomic E-state index is 0.0878. The van der Waals surface area contributed by atoms with Crippen molar-refractivity contribution < 1.29 is 14.7 Å². The summed E-state index contributed by atoms with van der Waals surface area (Å²) in [5.74, 6) is -0.873. The van der Waals surface area contributed by atoms with Crippen LogP contribution in [0.5, 0.6) is 0 Å². The van der Waals surface area contributed by atoms with Crippen LogP contribution in [0.1, 0.15) is 30.4 Å². The number of amides is 1. The number of nitrogens with zero attached hydrogens (tertiary/aromatic N) is 3. The van der Waals surface area contributed by atoms with Crippen molar-refractivity contribution in [3.05, 3.63) is 12.2 Å². The molecular formula is C10H14N4O3S. The normalized spacial score (nSPS) is 23.3. The first-order valence-electron chi connectivity index (χ1n) is 5.67. The molecule has 1 aliphatic heterocycles. The van der Waals surface area contributed by atoms with Gasteiger partial charge in [0.15, 0.2) is 0 Å². The van der Waals surface area contributed by atoms with Gasteiger partial charge in [-0.1, -0.05) is 13.3 Å². The number of hydrogen-bond donors (Lipinski definition) is 2. The largest absolute Gasteiger partial charge is 0.480 e. The second-order valence-corrected chi connectivity index (χ2v) is 5.19. The molecular weight excluding hydrogens is 256 g/mol. The summed E-state index contributed by atoms with van der Waals surface area (Å²) in [6, 6.07) is -0.788. The third kappa shape index (κ3) is 2.33. The molecule has 2 heterocycles. The molecule has 1 fully saturated rings. The number of rotatable bonds is 4. The minimum atomic E-state index is -0.978. The number of thioether (sulfide) groups is 1. The van der Waals surface area contributed by atoms with Crippen molar-refractivity contribution in [1.82, 2.24) is 20.1 Å². The number of carbonyl (C=O) groups excluding carboxylic acids is 1. The molecule has 0 radical (unpaired) electrons. The Hall–Kier alpha value is -1.57. The molecule has 1 aromatic rings. The Morgan fingerprint density at radius 1 is 1.67 bits per heavy atom. The third-order valence-electron chi connectivity index (χ3n) is 2.77. The lowest BCUT2D eigenvalue weighted by Gasteiger charge is -2.26. The van der Waals surface area contributed by atoms with Crippen LogP contribution >= 0.6 is 11.8 Å². The molecule has 2 N–H and O–H groups in total. The molecule has 98 valence electrons. The van der Waals surface area contributed by atoms with E-state index in [0.717, 1.165) is 12.8 Å². The van der Waals surface area contributed by atoms with Gasteiger partial charge in [-0.15, -0.1) is 11.8 Å². The molecule has 0 saturated carbocycles. The van der Waals surface area contributed by atoms with Crippen molar-refractivity contribution in [2.24, 2.45) is 0 Å². The Balaban J connectivity index is 2.23. The van der Waals surface area contributed by atoms with E-state index in [4.69, 9.17) is 5.11 Å². The smallest absolute Gasteiger partial charge is 0.327 e. The predicted molar refractivity (Wildman–Crippen MR) is 65.1 cm³/mol. The zero-order chi connectivity index (χ0) is 13.1. The van der Waals surface area contributed by atoms with Crippen LogP contribution in [0, 0.1) is 0 Å². The van der Waals surface area contributed by atoms with E-state index >= 15 is 0 Å². The van der Waals surface area contributed by atoms with Crippen LogP contribution in [-0.4, -0.2) is 54.2 Å².